The summed E-state index contributed by atoms with van der Waals surface area (Å²) in [6, 6.07) is 0.384. The van der Waals surface area contributed by atoms with Gasteiger partial charge in [0.05, 0.1) is 23.8 Å². The van der Waals surface area contributed by atoms with Gasteiger partial charge in [-0.2, -0.15) is 0 Å². The number of carbonyl (C=O) groups excluding carboxylic acids is 1. The summed E-state index contributed by atoms with van der Waals surface area (Å²) in [5.41, 5.74) is 1.03. The molecule has 7 nitrogen and oxygen atoms in total. The van der Waals surface area contributed by atoms with E-state index in [0.717, 1.165) is 57.1 Å². The lowest BCUT2D eigenvalue weighted by atomic mass is 10.1. The van der Waals surface area contributed by atoms with Gasteiger partial charge in [0.2, 0.25) is 5.91 Å². The number of amides is 1. The van der Waals surface area contributed by atoms with Gasteiger partial charge in [0.25, 0.3) is 0 Å². The minimum absolute atomic E-state index is 0.132. The van der Waals surface area contributed by atoms with Crippen LogP contribution in [0.4, 0.5) is 0 Å². The lowest BCUT2D eigenvalue weighted by molar-refractivity contribution is -0.122. The molecule has 2 heterocycles. The molecule has 1 aromatic heterocycles. The highest BCUT2D eigenvalue weighted by molar-refractivity contribution is 7.09. The SMILES string of the molecule is CCCNC(=O)CN1CCC(NC(=NCc2csc(C(C)C)n2)NCC)CC1. The Hall–Kier alpha value is -1.67. The van der Waals surface area contributed by atoms with Gasteiger partial charge in [-0.1, -0.05) is 20.8 Å². The van der Waals surface area contributed by atoms with Crippen molar-refractivity contribution in [1.29, 1.82) is 0 Å². The summed E-state index contributed by atoms with van der Waals surface area (Å²) in [5, 5.41) is 13.1. The number of guanidine groups is 1. The molecule has 0 bridgehead atoms. The largest absolute Gasteiger partial charge is 0.357 e. The topological polar surface area (TPSA) is 81.7 Å². The van der Waals surface area contributed by atoms with Gasteiger partial charge in [0.1, 0.15) is 0 Å². The fourth-order valence-corrected chi connectivity index (χ4v) is 3.92. The molecule has 1 aliphatic heterocycles. The zero-order chi connectivity index (χ0) is 20.4. The molecule has 0 spiro atoms. The first-order valence-electron chi connectivity index (χ1n) is 10.5. The highest BCUT2D eigenvalue weighted by atomic mass is 32.1. The second-order valence-electron chi connectivity index (χ2n) is 7.57. The fraction of sp³-hybridized carbons (Fsp3) is 0.750. The zero-order valence-corrected chi connectivity index (χ0v) is 18.6. The summed E-state index contributed by atoms with van der Waals surface area (Å²) in [6.45, 7) is 13.0. The number of carbonyl (C=O) groups is 1. The van der Waals surface area contributed by atoms with Gasteiger partial charge in [0, 0.05) is 43.5 Å². The van der Waals surface area contributed by atoms with Crippen molar-refractivity contribution in [3.8, 4) is 0 Å². The van der Waals surface area contributed by atoms with Crippen LogP contribution in [0.25, 0.3) is 0 Å². The molecule has 1 amide bonds. The van der Waals surface area contributed by atoms with E-state index in [9.17, 15) is 4.79 Å². The number of likely N-dealkylation sites (tertiary alicyclic amines) is 1. The van der Waals surface area contributed by atoms with Crippen LogP contribution in [0.2, 0.25) is 0 Å². The van der Waals surface area contributed by atoms with Crippen LogP contribution in [-0.4, -0.2) is 60.5 Å². The van der Waals surface area contributed by atoms with Gasteiger partial charge in [-0.05, 0) is 26.2 Å². The molecular weight excluding hydrogens is 372 g/mol. The molecule has 0 aliphatic carbocycles. The summed E-state index contributed by atoms with van der Waals surface area (Å²) in [5.74, 6) is 1.44. The van der Waals surface area contributed by atoms with E-state index in [1.165, 1.54) is 5.01 Å². The van der Waals surface area contributed by atoms with E-state index in [4.69, 9.17) is 4.99 Å². The summed E-state index contributed by atoms with van der Waals surface area (Å²) >= 11 is 1.71. The third-order valence-corrected chi connectivity index (χ3v) is 5.87. The van der Waals surface area contributed by atoms with E-state index >= 15 is 0 Å². The molecule has 0 aromatic carbocycles. The summed E-state index contributed by atoms with van der Waals surface area (Å²) in [6.07, 6.45) is 3.00. The highest BCUT2D eigenvalue weighted by Gasteiger charge is 2.21. The van der Waals surface area contributed by atoms with Crippen molar-refractivity contribution in [2.75, 3.05) is 32.7 Å². The Balaban J connectivity index is 1.79. The highest BCUT2D eigenvalue weighted by Crippen LogP contribution is 2.19. The molecule has 1 aliphatic rings. The van der Waals surface area contributed by atoms with Crippen LogP contribution in [0.1, 0.15) is 63.6 Å². The third kappa shape index (κ3) is 7.75. The molecule has 3 N–H and O–H groups in total. The second-order valence-corrected chi connectivity index (χ2v) is 8.46. The number of piperidine rings is 1. The predicted molar refractivity (Wildman–Crippen MR) is 117 cm³/mol. The van der Waals surface area contributed by atoms with E-state index in [0.29, 0.717) is 25.0 Å². The Kier molecular flexibility index (Phi) is 9.70. The van der Waals surface area contributed by atoms with Gasteiger partial charge >= 0.3 is 0 Å². The van der Waals surface area contributed by atoms with Crippen LogP contribution in [0.3, 0.4) is 0 Å². The van der Waals surface area contributed by atoms with Crippen molar-refractivity contribution < 1.29 is 4.79 Å². The van der Waals surface area contributed by atoms with Gasteiger partial charge in [-0.25, -0.2) is 9.98 Å². The standard InChI is InChI=1S/C20H36N6OS/c1-5-9-22-18(27)13-26-10-7-16(8-11-26)25-20(21-6-2)23-12-17-14-28-19(24-17)15(3)4/h14-16H,5-13H2,1-4H3,(H,22,27)(H2,21,23,25). The quantitative estimate of drug-likeness (QED) is 0.431. The van der Waals surface area contributed by atoms with Crippen LogP contribution in [0, 0.1) is 0 Å². The molecule has 1 aromatic rings. The Morgan fingerprint density at radius 2 is 2.07 bits per heavy atom. The first-order valence-corrected chi connectivity index (χ1v) is 11.4. The van der Waals surface area contributed by atoms with Crippen molar-refractivity contribution in [2.45, 2.75) is 65.5 Å². The normalized spacial score (nSPS) is 16.4. The van der Waals surface area contributed by atoms with E-state index in [1.54, 1.807) is 11.3 Å². The average Bonchev–Trinajstić information content (AvgIpc) is 3.15. The molecule has 0 atom stereocenters. The maximum atomic E-state index is 11.9. The van der Waals surface area contributed by atoms with Gasteiger partial charge in [0.15, 0.2) is 5.96 Å². The van der Waals surface area contributed by atoms with Crippen LogP contribution >= 0.6 is 11.3 Å². The van der Waals surface area contributed by atoms with Crippen molar-refractivity contribution in [3.63, 3.8) is 0 Å². The number of nitrogens with one attached hydrogen (secondary N) is 3. The Morgan fingerprint density at radius 3 is 2.68 bits per heavy atom. The number of thiazole rings is 1. The Bertz CT molecular complexity index is 622. The van der Waals surface area contributed by atoms with E-state index in [2.05, 4.69) is 58.9 Å². The smallest absolute Gasteiger partial charge is 0.234 e. The molecule has 8 heteroatoms. The predicted octanol–water partition coefficient (Wildman–Crippen LogP) is 2.31. The van der Waals surface area contributed by atoms with Crippen LogP contribution in [-0.2, 0) is 11.3 Å². The van der Waals surface area contributed by atoms with Crippen molar-refractivity contribution in [2.24, 2.45) is 4.99 Å². The molecule has 28 heavy (non-hydrogen) atoms. The summed E-state index contributed by atoms with van der Waals surface area (Å²) in [7, 11) is 0. The minimum atomic E-state index is 0.132. The van der Waals surface area contributed by atoms with Crippen LogP contribution < -0.4 is 16.0 Å². The number of hydrogen-bond donors (Lipinski definition) is 3. The number of aromatic nitrogens is 1. The molecule has 0 saturated carbocycles. The maximum Gasteiger partial charge on any atom is 0.234 e. The number of rotatable bonds is 9. The van der Waals surface area contributed by atoms with E-state index in [-0.39, 0.29) is 5.91 Å². The summed E-state index contributed by atoms with van der Waals surface area (Å²) in [4.78, 5) is 23.5. The minimum Gasteiger partial charge on any atom is -0.357 e. The molecule has 2 rings (SSSR count). The average molecular weight is 409 g/mol. The number of aliphatic imine (C=N–C) groups is 1. The van der Waals surface area contributed by atoms with Crippen LogP contribution in [0.5, 0.6) is 0 Å². The molecule has 1 fully saturated rings. The van der Waals surface area contributed by atoms with Crippen molar-refractivity contribution in [3.05, 3.63) is 16.1 Å². The van der Waals surface area contributed by atoms with Crippen molar-refractivity contribution >= 4 is 23.2 Å². The Morgan fingerprint density at radius 1 is 1.32 bits per heavy atom. The van der Waals surface area contributed by atoms with Gasteiger partial charge in [-0.15, -0.1) is 11.3 Å². The second kappa shape index (κ2) is 12.0. The third-order valence-electron chi connectivity index (χ3n) is 4.67. The molecule has 1 saturated heterocycles. The number of hydrogen-bond acceptors (Lipinski definition) is 5. The number of nitrogens with zero attached hydrogens (tertiary/aromatic N) is 3. The van der Waals surface area contributed by atoms with Crippen molar-refractivity contribution in [1.82, 2.24) is 25.8 Å². The molecular formula is C20H36N6OS. The molecule has 158 valence electrons. The molecule has 0 radical (unpaired) electrons. The first-order chi connectivity index (χ1) is 13.5. The van der Waals surface area contributed by atoms with E-state index < -0.39 is 0 Å². The first kappa shape index (κ1) is 22.6. The maximum absolute atomic E-state index is 11.9. The summed E-state index contributed by atoms with van der Waals surface area (Å²) < 4.78 is 0. The van der Waals surface area contributed by atoms with Gasteiger partial charge < -0.3 is 16.0 Å². The molecule has 0 unspecified atom stereocenters. The Labute approximate surface area is 173 Å². The fourth-order valence-electron chi connectivity index (χ4n) is 3.09. The van der Waals surface area contributed by atoms with Gasteiger partial charge in [-0.3, -0.25) is 9.69 Å². The zero-order valence-electron chi connectivity index (χ0n) is 17.8. The van der Waals surface area contributed by atoms with E-state index in [1.807, 2.05) is 0 Å². The lowest BCUT2D eigenvalue weighted by Crippen LogP contribution is -2.50. The lowest BCUT2D eigenvalue weighted by Gasteiger charge is -2.32. The monoisotopic (exact) mass is 408 g/mol. The van der Waals surface area contributed by atoms with Crippen LogP contribution in [0.15, 0.2) is 10.4 Å².